The lowest BCUT2D eigenvalue weighted by molar-refractivity contribution is 0.0286. The zero-order valence-electron chi connectivity index (χ0n) is 13.1. The van der Waals surface area contributed by atoms with Gasteiger partial charge in [-0.05, 0) is 39.2 Å². The summed E-state index contributed by atoms with van der Waals surface area (Å²) in [4.78, 5) is 13.6. The number of nitrogens with two attached hydrogens (primary N) is 1. The third-order valence-corrected chi connectivity index (χ3v) is 3.72. The Hall–Kier alpha value is -1.69. The van der Waals surface area contributed by atoms with E-state index in [1.807, 2.05) is 0 Å². The van der Waals surface area contributed by atoms with Crippen molar-refractivity contribution in [1.29, 1.82) is 0 Å². The number of rotatable bonds is 2. The molecule has 1 aliphatic rings. The highest BCUT2D eigenvalue weighted by molar-refractivity contribution is 5.68. The van der Waals surface area contributed by atoms with Gasteiger partial charge in [-0.3, -0.25) is 0 Å². The van der Waals surface area contributed by atoms with Crippen molar-refractivity contribution in [2.24, 2.45) is 11.7 Å². The molecule has 122 valence electrons. The highest BCUT2D eigenvalue weighted by Crippen LogP contribution is 2.31. The monoisotopic (exact) mass is 312 g/mol. The number of hydrogen-bond acceptors (Lipinski definition) is 3. The van der Waals surface area contributed by atoms with Gasteiger partial charge in [-0.1, -0.05) is 12.1 Å². The van der Waals surface area contributed by atoms with Crippen molar-refractivity contribution >= 4 is 6.09 Å². The Balaban J connectivity index is 2.04. The Morgan fingerprint density at radius 1 is 1.41 bits per heavy atom. The average molecular weight is 312 g/mol. The minimum atomic E-state index is -0.911. The Morgan fingerprint density at radius 3 is 2.73 bits per heavy atom. The van der Waals surface area contributed by atoms with Crippen molar-refractivity contribution in [1.82, 2.24) is 4.90 Å². The van der Waals surface area contributed by atoms with Crippen LogP contribution in [0.15, 0.2) is 18.2 Å². The number of halogens is 2. The number of amides is 1. The first-order chi connectivity index (χ1) is 10.2. The first kappa shape index (κ1) is 16.7. The molecule has 1 aromatic carbocycles. The molecular formula is C16H22F2N2O2. The maximum absolute atomic E-state index is 13.8. The molecule has 2 atom stereocenters. The summed E-state index contributed by atoms with van der Waals surface area (Å²) in [6, 6.07) is 3.34. The fourth-order valence-electron chi connectivity index (χ4n) is 2.60. The molecule has 4 nitrogen and oxygen atoms in total. The standard InChI is InChI=1S/C16H22F2N2O2/c1-16(2,3)22-15(21)20-8-7-10(9-20)14(19)11-5-4-6-12(17)13(11)18/h4-6,10,14H,7-9,19H2,1-3H3. The number of nitrogens with zero attached hydrogens (tertiary/aromatic N) is 1. The summed E-state index contributed by atoms with van der Waals surface area (Å²) in [6.45, 7) is 6.28. The van der Waals surface area contributed by atoms with Crippen LogP contribution >= 0.6 is 0 Å². The molecule has 6 heteroatoms. The van der Waals surface area contributed by atoms with Crippen LogP contribution in [0.5, 0.6) is 0 Å². The minimum absolute atomic E-state index is 0.121. The summed E-state index contributed by atoms with van der Waals surface area (Å²) in [7, 11) is 0. The van der Waals surface area contributed by atoms with Gasteiger partial charge in [0.1, 0.15) is 5.60 Å². The van der Waals surface area contributed by atoms with Crippen molar-refractivity contribution in [2.45, 2.75) is 38.8 Å². The van der Waals surface area contributed by atoms with E-state index in [2.05, 4.69) is 0 Å². The van der Waals surface area contributed by atoms with Crippen molar-refractivity contribution in [2.75, 3.05) is 13.1 Å². The second-order valence-corrected chi connectivity index (χ2v) is 6.64. The van der Waals surface area contributed by atoms with Crippen molar-refractivity contribution in [3.05, 3.63) is 35.4 Å². The number of carbonyl (C=O) groups is 1. The maximum atomic E-state index is 13.8. The Labute approximate surface area is 129 Å². The zero-order valence-corrected chi connectivity index (χ0v) is 13.1. The van der Waals surface area contributed by atoms with Crippen LogP contribution in [0.1, 0.15) is 38.8 Å². The number of ether oxygens (including phenoxy) is 1. The van der Waals surface area contributed by atoms with E-state index in [1.54, 1.807) is 25.7 Å². The SMILES string of the molecule is CC(C)(C)OC(=O)N1CCC(C(N)c2cccc(F)c2F)C1. The number of benzene rings is 1. The Bertz CT molecular complexity index is 558. The Morgan fingerprint density at radius 2 is 2.09 bits per heavy atom. The molecule has 1 aliphatic heterocycles. The average Bonchev–Trinajstić information content (AvgIpc) is 2.89. The number of hydrogen-bond donors (Lipinski definition) is 1. The molecule has 2 rings (SSSR count). The lowest BCUT2D eigenvalue weighted by Crippen LogP contribution is -2.36. The molecule has 0 radical (unpaired) electrons. The van der Waals surface area contributed by atoms with Crippen LogP contribution in [-0.4, -0.2) is 29.7 Å². The van der Waals surface area contributed by atoms with E-state index in [-0.39, 0.29) is 11.5 Å². The van der Waals surface area contributed by atoms with Gasteiger partial charge in [0.15, 0.2) is 11.6 Å². The first-order valence-electron chi connectivity index (χ1n) is 7.36. The van der Waals surface area contributed by atoms with Gasteiger partial charge in [-0.15, -0.1) is 0 Å². The van der Waals surface area contributed by atoms with Crippen LogP contribution in [0.3, 0.4) is 0 Å². The van der Waals surface area contributed by atoms with E-state index < -0.39 is 29.4 Å². The van der Waals surface area contributed by atoms with Gasteiger partial charge in [-0.2, -0.15) is 0 Å². The number of likely N-dealkylation sites (tertiary alicyclic amines) is 1. The van der Waals surface area contributed by atoms with Crippen LogP contribution in [0, 0.1) is 17.6 Å². The molecule has 0 aliphatic carbocycles. The molecule has 22 heavy (non-hydrogen) atoms. The van der Waals surface area contributed by atoms with E-state index in [1.165, 1.54) is 12.1 Å². The molecular weight excluding hydrogens is 290 g/mol. The van der Waals surface area contributed by atoms with Gasteiger partial charge in [-0.25, -0.2) is 13.6 Å². The van der Waals surface area contributed by atoms with Crippen LogP contribution in [0.25, 0.3) is 0 Å². The van der Waals surface area contributed by atoms with E-state index in [9.17, 15) is 13.6 Å². The summed E-state index contributed by atoms with van der Waals surface area (Å²) in [6.07, 6.45) is 0.234. The summed E-state index contributed by atoms with van der Waals surface area (Å²) in [5.41, 5.74) is 5.66. The molecule has 0 saturated carbocycles. The summed E-state index contributed by atoms with van der Waals surface area (Å²) in [5.74, 6) is -1.94. The second-order valence-electron chi connectivity index (χ2n) is 6.64. The largest absolute Gasteiger partial charge is 0.444 e. The van der Waals surface area contributed by atoms with Gasteiger partial charge in [0.25, 0.3) is 0 Å². The van der Waals surface area contributed by atoms with Crippen molar-refractivity contribution < 1.29 is 18.3 Å². The molecule has 1 saturated heterocycles. The molecule has 2 N–H and O–H groups in total. The topological polar surface area (TPSA) is 55.6 Å². The lowest BCUT2D eigenvalue weighted by Gasteiger charge is -2.25. The third-order valence-electron chi connectivity index (χ3n) is 3.72. The van der Waals surface area contributed by atoms with E-state index in [0.29, 0.717) is 19.5 Å². The lowest BCUT2D eigenvalue weighted by atomic mass is 9.92. The molecule has 0 aromatic heterocycles. The molecule has 1 amide bonds. The Kier molecular flexibility index (Phi) is 4.70. The fourth-order valence-corrected chi connectivity index (χ4v) is 2.60. The maximum Gasteiger partial charge on any atom is 0.410 e. The molecule has 1 heterocycles. The molecule has 1 fully saturated rings. The van der Waals surface area contributed by atoms with Crippen LogP contribution in [0.4, 0.5) is 13.6 Å². The zero-order chi connectivity index (χ0) is 16.5. The van der Waals surface area contributed by atoms with Gasteiger partial charge in [0.2, 0.25) is 0 Å². The normalized spacial score (nSPS) is 20.1. The van der Waals surface area contributed by atoms with Gasteiger partial charge in [0, 0.05) is 24.7 Å². The number of carbonyl (C=O) groups excluding carboxylic acids is 1. The van der Waals surface area contributed by atoms with Crippen molar-refractivity contribution in [3.63, 3.8) is 0 Å². The highest BCUT2D eigenvalue weighted by atomic mass is 19.2. The van der Waals surface area contributed by atoms with E-state index >= 15 is 0 Å². The third kappa shape index (κ3) is 3.74. The summed E-state index contributed by atoms with van der Waals surface area (Å²) < 4.78 is 32.4. The molecule has 1 aromatic rings. The van der Waals surface area contributed by atoms with E-state index in [0.717, 1.165) is 6.07 Å². The van der Waals surface area contributed by atoms with Gasteiger partial charge < -0.3 is 15.4 Å². The fraction of sp³-hybridized carbons (Fsp3) is 0.562. The van der Waals surface area contributed by atoms with Crippen LogP contribution in [-0.2, 0) is 4.74 Å². The van der Waals surface area contributed by atoms with Crippen LogP contribution < -0.4 is 5.73 Å². The van der Waals surface area contributed by atoms with Crippen molar-refractivity contribution in [3.8, 4) is 0 Å². The smallest absolute Gasteiger partial charge is 0.410 e. The predicted octanol–water partition coefficient (Wildman–Crippen LogP) is 3.22. The molecule has 2 unspecified atom stereocenters. The summed E-state index contributed by atoms with van der Waals surface area (Å²) >= 11 is 0. The van der Waals surface area contributed by atoms with E-state index in [4.69, 9.17) is 10.5 Å². The summed E-state index contributed by atoms with van der Waals surface area (Å²) in [5, 5.41) is 0. The molecule has 0 spiro atoms. The second kappa shape index (κ2) is 6.20. The minimum Gasteiger partial charge on any atom is -0.444 e. The molecule has 0 bridgehead atoms. The predicted molar refractivity (Wildman–Crippen MR) is 79.2 cm³/mol. The highest BCUT2D eigenvalue weighted by Gasteiger charge is 2.34. The quantitative estimate of drug-likeness (QED) is 0.912. The van der Waals surface area contributed by atoms with Crippen LogP contribution in [0.2, 0.25) is 0 Å². The van der Waals surface area contributed by atoms with Gasteiger partial charge >= 0.3 is 6.09 Å². The van der Waals surface area contributed by atoms with Gasteiger partial charge in [0.05, 0.1) is 0 Å². The first-order valence-corrected chi connectivity index (χ1v) is 7.36.